The van der Waals surface area contributed by atoms with E-state index in [1.165, 1.54) is 28.6 Å². The van der Waals surface area contributed by atoms with Crippen molar-refractivity contribution in [2.45, 2.75) is 11.3 Å². The number of benzene rings is 2. The van der Waals surface area contributed by atoms with Crippen molar-refractivity contribution in [3.8, 4) is 22.1 Å². The molecule has 0 saturated carbocycles. The molecule has 0 atom stereocenters. The summed E-state index contributed by atoms with van der Waals surface area (Å²) in [5.41, 5.74) is 0.280. The number of methoxy groups -OCH3 is 2. The van der Waals surface area contributed by atoms with Gasteiger partial charge in [0.15, 0.2) is 22.3 Å². The maximum atomic E-state index is 11.6. The van der Waals surface area contributed by atoms with Gasteiger partial charge in [-0.05, 0) is 49.8 Å². The molecule has 15 heteroatoms. The minimum Gasteiger partial charge on any atom is -0.493 e. The van der Waals surface area contributed by atoms with Crippen LogP contribution in [0.3, 0.4) is 0 Å². The lowest BCUT2D eigenvalue weighted by Crippen LogP contribution is -2.04. The van der Waals surface area contributed by atoms with Gasteiger partial charge in [0, 0.05) is 17.4 Å². The Bertz CT molecular complexity index is 1440. The van der Waals surface area contributed by atoms with Crippen LogP contribution in [0, 0.1) is 20.2 Å². The molecule has 35 heavy (non-hydrogen) atoms. The monoisotopic (exact) mass is 517 g/mol. The third kappa shape index (κ3) is 4.87. The van der Waals surface area contributed by atoms with Gasteiger partial charge in [0.1, 0.15) is 0 Å². The Morgan fingerprint density at radius 3 is 2.40 bits per heavy atom. The number of fused-ring (bicyclic) bond motifs is 1. The summed E-state index contributed by atoms with van der Waals surface area (Å²) in [4.78, 5) is 22.6. The molecule has 2 heterocycles. The topological polar surface area (TPSA) is 151 Å². The van der Waals surface area contributed by atoms with Crippen molar-refractivity contribution in [2.75, 3.05) is 28.3 Å². The highest BCUT2D eigenvalue weighted by molar-refractivity contribution is 7.97. The summed E-state index contributed by atoms with van der Waals surface area (Å²) < 4.78 is 14.3. The minimum atomic E-state index is -0.681. The van der Waals surface area contributed by atoms with E-state index in [-0.39, 0.29) is 11.3 Å². The van der Waals surface area contributed by atoms with Gasteiger partial charge in [-0.25, -0.2) is 0 Å². The number of rotatable bonds is 9. The van der Waals surface area contributed by atoms with E-state index < -0.39 is 15.5 Å². The van der Waals surface area contributed by atoms with Crippen LogP contribution >= 0.6 is 23.3 Å². The fourth-order valence-corrected chi connectivity index (χ4v) is 5.03. The van der Waals surface area contributed by atoms with Crippen molar-refractivity contribution in [1.82, 2.24) is 24.1 Å². The predicted octanol–water partition coefficient (Wildman–Crippen LogP) is 3.85. The molecule has 0 radical (unpaired) electrons. The molecule has 0 unspecified atom stereocenters. The first-order chi connectivity index (χ1) is 16.7. The number of ether oxygens (including phenoxy) is 2. The molecule has 0 bridgehead atoms. The van der Waals surface area contributed by atoms with Crippen molar-refractivity contribution in [1.29, 1.82) is 0 Å². The largest absolute Gasteiger partial charge is 0.493 e. The van der Waals surface area contributed by atoms with Gasteiger partial charge in [0.2, 0.25) is 4.96 Å². The molecule has 0 aliphatic heterocycles. The van der Waals surface area contributed by atoms with E-state index in [0.29, 0.717) is 33.7 Å². The van der Waals surface area contributed by atoms with Crippen LogP contribution in [-0.2, 0) is 6.42 Å². The maximum absolute atomic E-state index is 11.6. The number of hydrogen-bond donors (Lipinski definition) is 0. The molecule has 0 spiro atoms. The maximum Gasteiger partial charge on any atom is 0.286 e. The molecule has 0 amide bonds. The van der Waals surface area contributed by atoms with Crippen molar-refractivity contribution >= 4 is 39.6 Å². The first-order valence-corrected chi connectivity index (χ1v) is 11.5. The lowest BCUT2D eigenvalue weighted by atomic mass is 10.1. The highest BCUT2D eigenvalue weighted by Crippen LogP contribution is 2.38. The molecule has 2 aromatic carbocycles. The highest BCUT2D eigenvalue weighted by atomic mass is 32.2. The van der Waals surface area contributed by atoms with Crippen LogP contribution in [0.5, 0.6) is 11.5 Å². The van der Waals surface area contributed by atoms with Gasteiger partial charge < -0.3 is 9.47 Å². The second-order valence-corrected chi connectivity index (χ2v) is 9.64. The molecule has 0 aliphatic rings. The van der Waals surface area contributed by atoms with Gasteiger partial charge in [-0.1, -0.05) is 11.3 Å². The van der Waals surface area contributed by atoms with E-state index in [9.17, 15) is 20.2 Å². The average molecular weight is 518 g/mol. The summed E-state index contributed by atoms with van der Waals surface area (Å²) >= 11 is 2.61. The van der Waals surface area contributed by atoms with Crippen LogP contribution in [0.15, 0.2) is 35.2 Å². The van der Waals surface area contributed by atoms with Crippen LogP contribution in [0.4, 0.5) is 11.4 Å². The molecular weight excluding hydrogens is 498 g/mol. The number of hydrogen-bond acceptors (Lipinski definition) is 12. The second kappa shape index (κ2) is 9.81. The number of non-ortho nitro benzene ring substituents is 1. The van der Waals surface area contributed by atoms with Crippen LogP contribution in [0.2, 0.25) is 0 Å². The lowest BCUT2D eigenvalue weighted by Gasteiger charge is -2.16. The standard InChI is InChI=1S/C20H19N7O6S2/c1-24(2)35-17-10-16(33-4)15(32-3)7-11(17)8-18-21-22-20-25(18)23-19(34-20)13-6-5-12(26(28)29)9-14(13)27(30)31/h5-7,9-10H,8H2,1-4H3. The fraction of sp³-hybridized carbons (Fsp3) is 0.250. The van der Waals surface area contributed by atoms with E-state index in [0.717, 1.165) is 27.9 Å². The Morgan fingerprint density at radius 2 is 1.77 bits per heavy atom. The van der Waals surface area contributed by atoms with Crippen LogP contribution < -0.4 is 9.47 Å². The van der Waals surface area contributed by atoms with E-state index in [1.54, 1.807) is 14.2 Å². The van der Waals surface area contributed by atoms with Crippen molar-refractivity contribution < 1.29 is 19.3 Å². The first kappa shape index (κ1) is 24.3. The van der Waals surface area contributed by atoms with Gasteiger partial charge in [-0.3, -0.25) is 24.5 Å². The predicted molar refractivity (Wildman–Crippen MR) is 129 cm³/mol. The van der Waals surface area contributed by atoms with Crippen molar-refractivity contribution in [2.24, 2.45) is 0 Å². The van der Waals surface area contributed by atoms with Crippen LogP contribution in [-0.4, -0.2) is 62.3 Å². The van der Waals surface area contributed by atoms with Crippen molar-refractivity contribution in [3.63, 3.8) is 0 Å². The second-order valence-electron chi connectivity index (χ2n) is 7.33. The lowest BCUT2D eigenvalue weighted by molar-refractivity contribution is -0.393. The van der Waals surface area contributed by atoms with E-state index >= 15 is 0 Å². The normalized spacial score (nSPS) is 11.2. The third-order valence-electron chi connectivity index (χ3n) is 4.87. The minimum absolute atomic E-state index is 0.164. The summed E-state index contributed by atoms with van der Waals surface area (Å²) in [6.07, 6.45) is 0.350. The number of nitrogens with zero attached hydrogens (tertiary/aromatic N) is 7. The van der Waals surface area contributed by atoms with Crippen LogP contribution in [0.1, 0.15) is 11.4 Å². The van der Waals surface area contributed by atoms with Crippen molar-refractivity contribution in [3.05, 3.63) is 61.9 Å². The smallest absolute Gasteiger partial charge is 0.286 e. The molecule has 4 aromatic rings. The van der Waals surface area contributed by atoms with Crippen LogP contribution in [0.25, 0.3) is 15.5 Å². The highest BCUT2D eigenvalue weighted by Gasteiger charge is 2.24. The van der Waals surface area contributed by atoms with E-state index in [2.05, 4.69) is 15.3 Å². The molecule has 0 N–H and O–H groups in total. The van der Waals surface area contributed by atoms with Gasteiger partial charge in [0.05, 0.1) is 35.7 Å². The Kier molecular flexibility index (Phi) is 6.81. The first-order valence-electron chi connectivity index (χ1n) is 9.96. The zero-order valence-corrected chi connectivity index (χ0v) is 20.6. The molecule has 13 nitrogen and oxygen atoms in total. The SMILES string of the molecule is COc1cc(Cc2nnc3sc(-c4ccc([N+](=O)[O-])cc4[N+](=O)[O-])nn23)c(SN(C)C)cc1OC. The fourth-order valence-electron chi connectivity index (χ4n) is 3.33. The number of nitro groups is 2. The molecule has 4 rings (SSSR count). The summed E-state index contributed by atoms with van der Waals surface area (Å²) in [5.74, 6) is 1.67. The van der Waals surface area contributed by atoms with Gasteiger partial charge >= 0.3 is 0 Å². The molecule has 0 fully saturated rings. The summed E-state index contributed by atoms with van der Waals surface area (Å²) in [6.45, 7) is 0. The third-order valence-corrected chi connectivity index (χ3v) is 6.74. The molecule has 182 valence electrons. The average Bonchev–Trinajstić information content (AvgIpc) is 3.40. The Hall–Kier alpha value is -3.82. The summed E-state index contributed by atoms with van der Waals surface area (Å²) in [7, 11) is 6.96. The quantitative estimate of drug-likeness (QED) is 0.181. The molecule has 0 saturated heterocycles. The number of aromatic nitrogens is 4. The zero-order chi connectivity index (χ0) is 25.3. The van der Waals surface area contributed by atoms with E-state index in [4.69, 9.17) is 9.47 Å². The molecule has 0 aliphatic carbocycles. The molecular formula is C20H19N7O6S2. The van der Waals surface area contributed by atoms with Gasteiger partial charge in [-0.15, -0.1) is 10.2 Å². The van der Waals surface area contributed by atoms with E-state index in [1.807, 2.05) is 30.5 Å². The zero-order valence-electron chi connectivity index (χ0n) is 19.0. The Balaban J connectivity index is 1.76. The molecule has 2 aromatic heterocycles. The number of nitro benzene ring substituents is 2. The van der Waals surface area contributed by atoms with Gasteiger partial charge in [-0.2, -0.15) is 9.61 Å². The Labute approximate surface area is 206 Å². The summed E-state index contributed by atoms with van der Waals surface area (Å²) in [5, 5.41) is 35.8. The van der Waals surface area contributed by atoms with Gasteiger partial charge in [0.25, 0.3) is 11.4 Å². The Morgan fingerprint density at radius 1 is 1.06 bits per heavy atom. The summed E-state index contributed by atoms with van der Waals surface area (Å²) in [6, 6.07) is 7.19.